The number of nitrogens with zero attached hydrogens (tertiary/aromatic N) is 4. The van der Waals surface area contributed by atoms with E-state index in [1.165, 1.54) is 16.8 Å². The zero-order chi connectivity index (χ0) is 17.1. The van der Waals surface area contributed by atoms with Gasteiger partial charge < -0.3 is 8.97 Å². The van der Waals surface area contributed by atoms with E-state index in [0.717, 1.165) is 29.3 Å². The Kier molecular flexibility index (Phi) is 4.57. The van der Waals surface area contributed by atoms with Crippen LogP contribution in [0.2, 0.25) is 0 Å². The van der Waals surface area contributed by atoms with Gasteiger partial charge in [0, 0.05) is 24.3 Å². The quantitative estimate of drug-likeness (QED) is 0.487. The first-order chi connectivity index (χ1) is 12.3. The fraction of sp³-hybridized carbons (Fsp3) is 0.200. The highest BCUT2D eigenvalue weighted by molar-refractivity contribution is 7.98. The lowest BCUT2D eigenvalue weighted by atomic mass is 10.2. The van der Waals surface area contributed by atoms with E-state index in [0.29, 0.717) is 0 Å². The molecule has 0 N–H and O–H groups in total. The number of fused-ring (bicyclic) bond motifs is 1. The summed E-state index contributed by atoms with van der Waals surface area (Å²) >= 11 is 1.95. The van der Waals surface area contributed by atoms with E-state index in [1.54, 1.807) is 6.20 Å². The van der Waals surface area contributed by atoms with E-state index in [1.807, 2.05) is 35.0 Å². The molecule has 0 bridgehead atoms. The highest BCUT2D eigenvalue weighted by atomic mass is 32.2. The van der Waals surface area contributed by atoms with Crippen LogP contribution >= 0.6 is 11.8 Å². The number of thioether (sulfide) groups is 1. The summed E-state index contributed by atoms with van der Waals surface area (Å²) < 4.78 is 4.22. The molecule has 0 radical (unpaired) electrons. The number of aryl methyl sites for hydroxylation is 2. The Morgan fingerprint density at radius 3 is 2.84 bits per heavy atom. The first kappa shape index (κ1) is 16.0. The lowest BCUT2D eigenvalue weighted by molar-refractivity contribution is 1.01. The summed E-state index contributed by atoms with van der Waals surface area (Å²) in [4.78, 5) is 8.81. The molecule has 126 valence electrons. The standard InChI is InChI=1S/C20H20N4S/c1-16-11-19(23-9-8-21-15-23)20-22-12-18(24(20)13-16)14-25-10-7-17-5-3-2-4-6-17/h2-6,8-9,11-13,15H,7,10,14H2,1H3. The van der Waals surface area contributed by atoms with Crippen LogP contribution in [0.3, 0.4) is 0 Å². The SMILES string of the molecule is Cc1cc(-n2ccnc2)c2ncc(CSCCc3ccccc3)n2c1. The second-order valence-corrected chi connectivity index (χ2v) is 7.21. The van der Waals surface area contributed by atoms with Crippen molar-refractivity contribution in [1.82, 2.24) is 18.9 Å². The molecule has 4 nitrogen and oxygen atoms in total. The van der Waals surface area contributed by atoms with Gasteiger partial charge in [-0.05, 0) is 36.3 Å². The molecule has 3 aromatic heterocycles. The van der Waals surface area contributed by atoms with Crippen molar-refractivity contribution in [1.29, 1.82) is 0 Å². The van der Waals surface area contributed by atoms with Gasteiger partial charge in [-0.2, -0.15) is 11.8 Å². The van der Waals surface area contributed by atoms with Crippen LogP contribution in [0.5, 0.6) is 0 Å². The molecular formula is C20H20N4S. The molecule has 0 spiro atoms. The van der Waals surface area contributed by atoms with Crippen LogP contribution in [-0.4, -0.2) is 24.7 Å². The normalized spacial score (nSPS) is 11.2. The Balaban J connectivity index is 1.51. The minimum Gasteiger partial charge on any atom is -0.303 e. The van der Waals surface area contributed by atoms with Crippen LogP contribution in [0.25, 0.3) is 11.3 Å². The highest BCUT2D eigenvalue weighted by Crippen LogP contribution is 2.21. The maximum absolute atomic E-state index is 4.65. The largest absolute Gasteiger partial charge is 0.303 e. The van der Waals surface area contributed by atoms with Gasteiger partial charge in [-0.25, -0.2) is 9.97 Å². The summed E-state index contributed by atoms with van der Waals surface area (Å²) in [7, 11) is 0. The van der Waals surface area contributed by atoms with Crippen molar-refractivity contribution in [3.05, 3.63) is 84.3 Å². The average Bonchev–Trinajstić information content (AvgIpc) is 3.29. The van der Waals surface area contributed by atoms with Crippen molar-refractivity contribution in [3.63, 3.8) is 0 Å². The van der Waals surface area contributed by atoms with E-state index >= 15 is 0 Å². The highest BCUT2D eigenvalue weighted by Gasteiger charge is 2.10. The minimum absolute atomic E-state index is 0.959. The summed E-state index contributed by atoms with van der Waals surface area (Å²) in [6, 6.07) is 12.8. The molecule has 0 saturated heterocycles. The summed E-state index contributed by atoms with van der Waals surface area (Å²) in [5.74, 6) is 2.07. The zero-order valence-corrected chi connectivity index (χ0v) is 15.0. The lowest BCUT2D eigenvalue weighted by Crippen LogP contribution is -1.99. The number of aromatic nitrogens is 4. The smallest absolute Gasteiger partial charge is 0.161 e. The number of hydrogen-bond acceptors (Lipinski definition) is 3. The molecule has 0 fully saturated rings. The van der Waals surface area contributed by atoms with Crippen LogP contribution in [0.1, 0.15) is 16.8 Å². The molecule has 3 heterocycles. The van der Waals surface area contributed by atoms with Crippen molar-refractivity contribution >= 4 is 17.4 Å². The predicted octanol–water partition coefficient (Wildman–Crippen LogP) is 4.30. The first-order valence-corrected chi connectivity index (χ1v) is 9.53. The van der Waals surface area contributed by atoms with E-state index in [-0.39, 0.29) is 0 Å². The molecular weight excluding hydrogens is 328 g/mol. The monoisotopic (exact) mass is 348 g/mol. The maximum Gasteiger partial charge on any atom is 0.161 e. The molecule has 0 atom stereocenters. The van der Waals surface area contributed by atoms with Gasteiger partial charge in [-0.1, -0.05) is 30.3 Å². The van der Waals surface area contributed by atoms with Gasteiger partial charge in [0.15, 0.2) is 5.65 Å². The fourth-order valence-electron chi connectivity index (χ4n) is 2.96. The van der Waals surface area contributed by atoms with Gasteiger partial charge in [0.05, 0.1) is 23.9 Å². The van der Waals surface area contributed by atoms with Crippen molar-refractivity contribution in [3.8, 4) is 5.69 Å². The third-order valence-electron chi connectivity index (χ3n) is 4.21. The van der Waals surface area contributed by atoms with Gasteiger partial charge in [0.25, 0.3) is 0 Å². The number of imidazole rings is 2. The Labute approximate surface area is 151 Å². The third kappa shape index (κ3) is 3.46. The summed E-state index contributed by atoms with van der Waals surface area (Å²) in [5, 5.41) is 0. The Hall–Kier alpha value is -2.53. The summed E-state index contributed by atoms with van der Waals surface area (Å²) in [5.41, 5.74) is 5.88. The Morgan fingerprint density at radius 2 is 2.04 bits per heavy atom. The van der Waals surface area contributed by atoms with E-state index in [4.69, 9.17) is 0 Å². The average molecular weight is 348 g/mol. The summed E-state index contributed by atoms with van der Waals surface area (Å²) in [6.07, 6.45) is 10.8. The molecule has 5 heteroatoms. The molecule has 0 aliphatic carbocycles. The second-order valence-electron chi connectivity index (χ2n) is 6.10. The maximum atomic E-state index is 4.65. The number of benzene rings is 1. The van der Waals surface area contributed by atoms with Crippen molar-refractivity contribution < 1.29 is 0 Å². The van der Waals surface area contributed by atoms with E-state index < -0.39 is 0 Å². The summed E-state index contributed by atoms with van der Waals surface area (Å²) in [6.45, 7) is 2.12. The molecule has 0 aliphatic heterocycles. The molecule has 25 heavy (non-hydrogen) atoms. The fourth-order valence-corrected chi connectivity index (χ4v) is 3.91. The van der Waals surface area contributed by atoms with Crippen molar-refractivity contribution in [2.45, 2.75) is 19.1 Å². The topological polar surface area (TPSA) is 35.1 Å². The minimum atomic E-state index is 0.959. The lowest BCUT2D eigenvalue weighted by Gasteiger charge is -2.08. The van der Waals surface area contributed by atoms with Gasteiger partial charge in [-0.15, -0.1) is 0 Å². The molecule has 0 amide bonds. The van der Waals surface area contributed by atoms with E-state index in [9.17, 15) is 0 Å². The van der Waals surface area contributed by atoms with Gasteiger partial charge >= 0.3 is 0 Å². The van der Waals surface area contributed by atoms with Gasteiger partial charge in [0.2, 0.25) is 0 Å². The molecule has 4 aromatic rings. The molecule has 0 saturated carbocycles. The Morgan fingerprint density at radius 1 is 1.16 bits per heavy atom. The van der Waals surface area contributed by atoms with Gasteiger partial charge in [-0.3, -0.25) is 0 Å². The van der Waals surface area contributed by atoms with E-state index in [2.05, 4.69) is 63.9 Å². The molecule has 0 unspecified atom stereocenters. The van der Waals surface area contributed by atoms with Crippen LogP contribution in [-0.2, 0) is 12.2 Å². The number of rotatable bonds is 6. The van der Waals surface area contributed by atoms with Crippen LogP contribution in [0, 0.1) is 6.92 Å². The predicted molar refractivity (Wildman–Crippen MR) is 103 cm³/mol. The molecule has 4 rings (SSSR count). The van der Waals surface area contributed by atoms with Gasteiger partial charge in [0.1, 0.15) is 0 Å². The number of hydrogen-bond donors (Lipinski definition) is 0. The molecule has 0 aliphatic rings. The second kappa shape index (κ2) is 7.15. The van der Waals surface area contributed by atoms with Crippen molar-refractivity contribution in [2.24, 2.45) is 0 Å². The van der Waals surface area contributed by atoms with Crippen LogP contribution in [0.15, 0.2) is 67.5 Å². The van der Waals surface area contributed by atoms with Crippen LogP contribution < -0.4 is 0 Å². The first-order valence-electron chi connectivity index (χ1n) is 8.38. The number of pyridine rings is 1. The third-order valence-corrected chi connectivity index (χ3v) is 5.20. The molecule has 1 aromatic carbocycles. The Bertz CT molecular complexity index is 958. The van der Waals surface area contributed by atoms with Crippen molar-refractivity contribution in [2.75, 3.05) is 5.75 Å². The van der Waals surface area contributed by atoms with Crippen LogP contribution in [0.4, 0.5) is 0 Å². The zero-order valence-electron chi connectivity index (χ0n) is 14.2.